The van der Waals surface area contributed by atoms with E-state index in [2.05, 4.69) is 10.5 Å². The summed E-state index contributed by atoms with van der Waals surface area (Å²) >= 11 is 0. The molecule has 0 heterocycles. The first kappa shape index (κ1) is 13.0. The van der Waals surface area contributed by atoms with Crippen LogP contribution in [0.3, 0.4) is 0 Å². The van der Waals surface area contributed by atoms with Crippen LogP contribution in [0.5, 0.6) is 0 Å². The summed E-state index contributed by atoms with van der Waals surface area (Å²) in [7, 11) is 0. The molecule has 2 bridgehead atoms. The topological polar surface area (TPSA) is 70.6 Å². The van der Waals surface area contributed by atoms with Gasteiger partial charge in [0.2, 0.25) is 0 Å². The highest BCUT2D eigenvalue weighted by Crippen LogP contribution is 2.65. The average molecular weight is 277 g/mol. The number of hydrogen-bond donors (Lipinski definition) is 3. The van der Waals surface area contributed by atoms with E-state index in [4.69, 9.17) is 10.9 Å². The first-order chi connectivity index (χ1) is 8.93. The van der Waals surface area contributed by atoms with Crippen molar-refractivity contribution in [2.45, 2.75) is 31.5 Å². The molecule has 19 heavy (non-hydrogen) atoms. The third kappa shape index (κ3) is 2.07. The van der Waals surface area contributed by atoms with E-state index in [1.54, 1.807) is 0 Å². The van der Waals surface area contributed by atoms with E-state index in [9.17, 15) is 13.2 Å². The SMILES string of the molecule is NC(=NO)C(CNC1C2C3CCC(C3)C12)C(F)(F)F. The molecular weight excluding hydrogens is 259 g/mol. The molecule has 3 fully saturated rings. The lowest BCUT2D eigenvalue weighted by molar-refractivity contribution is -0.155. The number of nitrogens with one attached hydrogen (secondary N) is 1. The van der Waals surface area contributed by atoms with Crippen molar-refractivity contribution in [2.75, 3.05) is 6.54 Å². The van der Waals surface area contributed by atoms with Crippen LogP contribution < -0.4 is 11.1 Å². The van der Waals surface area contributed by atoms with E-state index in [0.29, 0.717) is 23.7 Å². The lowest BCUT2D eigenvalue weighted by Crippen LogP contribution is -2.44. The lowest BCUT2D eigenvalue weighted by atomic mass is 10.0. The molecule has 0 aromatic carbocycles. The van der Waals surface area contributed by atoms with Crippen LogP contribution in [0.2, 0.25) is 0 Å². The Hall–Kier alpha value is -0.980. The molecule has 3 saturated carbocycles. The van der Waals surface area contributed by atoms with E-state index >= 15 is 0 Å². The first-order valence-electron chi connectivity index (χ1n) is 6.71. The number of oxime groups is 1. The zero-order chi connectivity index (χ0) is 13.8. The molecule has 0 radical (unpaired) electrons. The molecule has 3 rings (SSSR count). The van der Waals surface area contributed by atoms with Gasteiger partial charge in [-0.05, 0) is 42.9 Å². The molecule has 4 nitrogen and oxygen atoms in total. The van der Waals surface area contributed by atoms with Crippen molar-refractivity contribution in [2.24, 2.45) is 40.5 Å². The molecule has 108 valence electrons. The fraction of sp³-hybridized carbons (Fsp3) is 0.917. The van der Waals surface area contributed by atoms with Gasteiger partial charge in [-0.15, -0.1) is 0 Å². The van der Waals surface area contributed by atoms with Crippen LogP contribution in [-0.2, 0) is 0 Å². The first-order valence-corrected chi connectivity index (χ1v) is 6.71. The maximum atomic E-state index is 12.8. The number of alkyl halides is 3. The van der Waals surface area contributed by atoms with Crippen LogP contribution in [0.1, 0.15) is 19.3 Å². The van der Waals surface area contributed by atoms with Gasteiger partial charge in [0.25, 0.3) is 0 Å². The zero-order valence-electron chi connectivity index (χ0n) is 10.4. The van der Waals surface area contributed by atoms with Gasteiger partial charge in [0.05, 0.1) is 0 Å². The maximum absolute atomic E-state index is 12.8. The Labute approximate surface area is 109 Å². The van der Waals surface area contributed by atoms with Crippen LogP contribution in [0, 0.1) is 29.6 Å². The van der Waals surface area contributed by atoms with Crippen LogP contribution in [0.25, 0.3) is 0 Å². The summed E-state index contributed by atoms with van der Waals surface area (Å²) in [5, 5.41) is 13.9. The summed E-state index contributed by atoms with van der Waals surface area (Å²) < 4.78 is 38.3. The number of rotatable bonds is 4. The molecule has 5 atom stereocenters. The fourth-order valence-corrected chi connectivity index (χ4v) is 4.31. The van der Waals surface area contributed by atoms with E-state index in [1.807, 2.05) is 0 Å². The van der Waals surface area contributed by atoms with Crippen molar-refractivity contribution in [3.05, 3.63) is 0 Å². The van der Waals surface area contributed by atoms with Crippen molar-refractivity contribution in [1.29, 1.82) is 0 Å². The monoisotopic (exact) mass is 277 g/mol. The summed E-state index contributed by atoms with van der Waals surface area (Å²) in [5.74, 6) is -0.119. The van der Waals surface area contributed by atoms with Gasteiger partial charge in [-0.25, -0.2) is 0 Å². The standard InChI is InChI=1S/C12H18F3N3O/c13-12(14,15)7(11(16)18-19)4-17-10-8-5-1-2-6(3-5)9(8)10/h5-10,17,19H,1-4H2,(H2,16,18). The number of halogens is 3. The Bertz CT molecular complexity index is 382. The van der Waals surface area contributed by atoms with Crippen LogP contribution in [0.4, 0.5) is 13.2 Å². The van der Waals surface area contributed by atoms with Crippen molar-refractivity contribution in [3.63, 3.8) is 0 Å². The Morgan fingerprint density at radius 1 is 1.32 bits per heavy atom. The number of nitrogens with two attached hydrogens (primary N) is 1. The lowest BCUT2D eigenvalue weighted by Gasteiger charge is -2.20. The average Bonchev–Trinajstić information content (AvgIpc) is 2.74. The molecular formula is C12H18F3N3O. The van der Waals surface area contributed by atoms with E-state index in [1.165, 1.54) is 19.3 Å². The van der Waals surface area contributed by atoms with Crippen molar-refractivity contribution >= 4 is 5.84 Å². The normalized spacial score (nSPS) is 42.3. The van der Waals surface area contributed by atoms with Crippen molar-refractivity contribution in [1.82, 2.24) is 5.32 Å². The highest BCUT2D eigenvalue weighted by Gasteiger charge is 2.64. The predicted molar refractivity (Wildman–Crippen MR) is 62.6 cm³/mol. The Balaban J connectivity index is 1.57. The van der Waals surface area contributed by atoms with Gasteiger partial charge in [-0.2, -0.15) is 13.2 Å². The van der Waals surface area contributed by atoms with Crippen LogP contribution >= 0.6 is 0 Å². The number of hydrogen-bond acceptors (Lipinski definition) is 3. The van der Waals surface area contributed by atoms with Crippen molar-refractivity contribution < 1.29 is 18.4 Å². The van der Waals surface area contributed by atoms with Gasteiger partial charge >= 0.3 is 6.18 Å². The van der Waals surface area contributed by atoms with Gasteiger partial charge in [0, 0.05) is 12.6 Å². The van der Waals surface area contributed by atoms with Gasteiger partial charge in [0.15, 0.2) is 5.84 Å². The second-order valence-corrected chi connectivity index (χ2v) is 6.04. The smallest absolute Gasteiger partial charge is 0.400 e. The summed E-state index contributed by atoms with van der Waals surface area (Å²) in [5.41, 5.74) is 5.13. The Kier molecular flexibility index (Phi) is 2.92. The van der Waals surface area contributed by atoms with Gasteiger partial charge in [-0.3, -0.25) is 0 Å². The number of fused-ring (bicyclic) bond motifs is 5. The second kappa shape index (κ2) is 4.26. The van der Waals surface area contributed by atoms with Crippen molar-refractivity contribution in [3.8, 4) is 0 Å². The molecule has 0 saturated heterocycles. The Morgan fingerprint density at radius 2 is 1.89 bits per heavy atom. The second-order valence-electron chi connectivity index (χ2n) is 6.04. The highest BCUT2D eigenvalue weighted by atomic mass is 19.4. The zero-order valence-corrected chi connectivity index (χ0v) is 10.4. The molecule has 0 aromatic rings. The van der Waals surface area contributed by atoms with E-state index in [-0.39, 0.29) is 12.6 Å². The largest absolute Gasteiger partial charge is 0.409 e. The minimum atomic E-state index is -4.48. The van der Waals surface area contributed by atoms with E-state index in [0.717, 1.165) is 0 Å². The van der Waals surface area contributed by atoms with E-state index < -0.39 is 17.9 Å². The molecule has 0 aromatic heterocycles. The minimum Gasteiger partial charge on any atom is -0.409 e. The van der Waals surface area contributed by atoms with Gasteiger partial charge in [0.1, 0.15) is 5.92 Å². The third-order valence-corrected chi connectivity index (χ3v) is 5.16. The fourth-order valence-electron chi connectivity index (χ4n) is 4.31. The Morgan fingerprint density at radius 3 is 2.37 bits per heavy atom. The summed E-state index contributed by atoms with van der Waals surface area (Å²) in [6, 6.07) is 0.211. The molecule has 4 N–H and O–H groups in total. The number of amidine groups is 1. The molecule has 0 aliphatic heterocycles. The molecule has 0 amide bonds. The summed E-state index contributed by atoms with van der Waals surface area (Å²) in [6.07, 6.45) is -0.761. The quantitative estimate of drug-likeness (QED) is 0.316. The molecule has 0 spiro atoms. The summed E-state index contributed by atoms with van der Waals surface area (Å²) in [6.45, 7) is -0.295. The van der Waals surface area contributed by atoms with Gasteiger partial charge in [-0.1, -0.05) is 5.16 Å². The highest BCUT2D eigenvalue weighted by molar-refractivity contribution is 5.83. The third-order valence-electron chi connectivity index (χ3n) is 5.16. The molecule has 5 unspecified atom stereocenters. The molecule has 3 aliphatic carbocycles. The molecule has 3 aliphatic rings. The van der Waals surface area contributed by atoms with Crippen LogP contribution in [0.15, 0.2) is 5.16 Å². The summed E-state index contributed by atoms with van der Waals surface area (Å²) in [4.78, 5) is 0. The molecule has 7 heteroatoms. The van der Waals surface area contributed by atoms with Crippen LogP contribution in [-0.4, -0.2) is 29.8 Å². The predicted octanol–water partition coefficient (Wildman–Crippen LogP) is 1.55. The minimum absolute atomic E-state index is 0.211. The maximum Gasteiger partial charge on any atom is 0.400 e. The van der Waals surface area contributed by atoms with Gasteiger partial charge < -0.3 is 16.3 Å². The number of nitrogens with zero attached hydrogens (tertiary/aromatic N) is 1.